The molecule has 1 amide bonds. The molecule has 0 spiro atoms. The molecule has 0 unspecified atom stereocenters. The van der Waals surface area contributed by atoms with Gasteiger partial charge in [0.15, 0.2) is 0 Å². The SMILES string of the molecule is Cc1ccc(NC(=O)/C=C/c2ccc(OCc3ccccc3)cc2)cc1. The van der Waals surface area contributed by atoms with Gasteiger partial charge in [0, 0.05) is 11.8 Å². The first kappa shape index (κ1) is 17.5. The molecule has 3 aromatic carbocycles. The fraction of sp³-hybridized carbons (Fsp3) is 0.0870. The molecule has 0 aromatic heterocycles. The minimum atomic E-state index is -0.154. The number of carbonyl (C=O) groups excluding carboxylic acids is 1. The van der Waals surface area contributed by atoms with Gasteiger partial charge >= 0.3 is 0 Å². The van der Waals surface area contributed by atoms with Gasteiger partial charge in [-0.15, -0.1) is 0 Å². The summed E-state index contributed by atoms with van der Waals surface area (Å²) in [6.07, 6.45) is 3.31. The van der Waals surface area contributed by atoms with Gasteiger partial charge in [-0.2, -0.15) is 0 Å². The Morgan fingerprint density at radius 3 is 2.31 bits per heavy atom. The number of hydrogen-bond acceptors (Lipinski definition) is 2. The molecule has 0 radical (unpaired) electrons. The van der Waals surface area contributed by atoms with E-state index in [0.717, 1.165) is 28.1 Å². The Hall–Kier alpha value is -3.33. The Labute approximate surface area is 154 Å². The van der Waals surface area contributed by atoms with Crippen molar-refractivity contribution >= 4 is 17.7 Å². The van der Waals surface area contributed by atoms with E-state index in [2.05, 4.69) is 5.32 Å². The highest BCUT2D eigenvalue weighted by Crippen LogP contribution is 2.15. The van der Waals surface area contributed by atoms with Gasteiger partial charge in [0.2, 0.25) is 5.91 Å². The second-order valence-corrected chi connectivity index (χ2v) is 6.03. The third kappa shape index (κ3) is 5.35. The van der Waals surface area contributed by atoms with Crippen molar-refractivity contribution in [1.29, 1.82) is 0 Å². The lowest BCUT2D eigenvalue weighted by atomic mass is 10.2. The molecule has 0 heterocycles. The van der Waals surface area contributed by atoms with Crippen LogP contribution in [0.25, 0.3) is 6.08 Å². The van der Waals surface area contributed by atoms with Crippen LogP contribution in [0.15, 0.2) is 84.9 Å². The minimum absolute atomic E-state index is 0.154. The van der Waals surface area contributed by atoms with Crippen molar-refractivity contribution in [1.82, 2.24) is 0 Å². The predicted octanol–water partition coefficient (Wildman–Crippen LogP) is 5.23. The van der Waals surface area contributed by atoms with Crippen molar-refractivity contribution in [3.8, 4) is 5.75 Å². The van der Waals surface area contributed by atoms with Crippen molar-refractivity contribution < 1.29 is 9.53 Å². The summed E-state index contributed by atoms with van der Waals surface area (Å²) < 4.78 is 5.76. The molecule has 3 aromatic rings. The van der Waals surface area contributed by atoms with Crippen LogP contribution in [-0.4, -0.2) is 5.91 Å². The molecule has 0 aliphatic heterocycles. The van der Waals surface area contributed by atoms with Crippen molar-refractivity contribution in [2.24, 2.45) is 0 Å². The molecule has 3 rings (SSSR count). The topological polar surface area (TPSA) is 38.3 Å². The predicted molar refractivity (Wildman–Crippen MR) is 106 cm³/mol. The summed E-state index contributed by atoms with van der Waals surface area (Å²) in [7, 11) is 0. The molecular formula is C23H21NO2. The summed E-state index contributed by atoms with van der Waals surface area (Å²) in [5.74, 6) is 0.647. The number of rotatable bonds is 6. The fourth-order valence-corrected chi connectivity index (χ4v) is 2.41. The van der Waals surface area contributed by atoms with Crippen LogP contribution in [0.4, 0.5) is 5.69 Å². The zero-order valence-corrected chi connectivity index (χ0v) is 14.7. The molecule has 0 fully saturated rings. The van der Waals surface area contributed by atoms with Crippen LogP contribution in [0.5, 0.6) is 5.75 Å². The molecule has 0 aliphatic carbocycles. The van der Waals surface area contributed by atoms with E-state index in [-0.39, 0.29) is 5.91 Å². The van der Waals surface area contributed by atoms with Crippen LogP contribution in [0.3, 0.4) is 0 Å². The average Bonchev–Trinajstić information content (AvgIpc) is 2.68. The quantitative estimate of drug-likeness (QED) is 0.623. The molecule has 0 bridgehead atoms. The third-order valence-electron chi connectivity index (χ3n) is 3.87. The summed E-state index contributed by atoms with van der Waals surface area (Å²) in [5, 5.41) is 2.84. The van der Waals surface area contributed by atoms with E-state index in [1.807, 2.05) is 85.8 Å². The number of anilines is 1. The second-order valence-electron chi connectivity index (χ2n) is 6.03. The molecule has 1 N–H and O–H groups in total. The average molecular weight is 343 g/mol. The Kier molecular flexibility index (Phi) is 5.84. The molecular weight excluding hydrogens is 322 g/mol. The van der Waals surface area contributed by atoms with Gasteiger partial charge in [-0.3, -0.25) is 4.79 Å². The standard InChI is InChI=1S/C23H21NO2/c1-18-7-12-21(13-8-18)24-23(25)16-11-19-9-14-22(15-10-19)26-17-20-5-3-2-4-6-20/h2-16H,17H2,1H3,(H,24,25)/b16-11+. The van der Waals surface area contributed by atoms with Crippen LogP contribution < -0.4 is 10.1 Å². The van der Waals surface area contributed by atoms with Gasteiger partial charge in [-0.25, -0.2) is 0 Å². The smallest absolute Gasteiger partial charge is 0.248 e. The molecule has 0 saturated carbocycles. The summed E-state index contributed by atoms with van der Waals surface area (Å²) >= 11 is 0. The largest absolute Gasteiger partial charge is 0.489 e. The van der Waals surface area contributed by atoms with Crippen molar-refractivity contribution in [2.45, 2.75) is 13.5 Å². The Morgan fingerprint density at radius 2 is 1.62 bits per heavy atom. The Bertz CT molecular complexity index is 866. The summed E-state index contributed by atoms with van der Waals surface area (Å²) in [4.78, 5) is 12.0. The van der Waals surface area contributed by atoms with E-state index in [4.69, 9.17) is 4.74 Å². The molecule has 0 saturated heterocycles. The van der Waals surface area contributed by atoms with Crippen molar-refractivity contribution in [3.63, 3.8) is 0 Å². The maximum atomic E-state index is 12.0. The van der Waals surface area contributed by atoms with Crippen LogP contribution >= 0.6 is 0 Å². The first-order valence-electron chi connectivity index (χ1n) is 8.51. The normalized spacial score (nSPS) is 10.7. The van der Waals surface area contributed by atoms with Gasteiger partial charge in [-0.05, 0) is 48.4 Å². The van der Waals surface area contributed by atoms with E-state index in [9.17, 15) is 4.79 Å². The summed E-state index contributed by atoms with van der Waals surface area (Å²) in [6.45, 7) is 2.55. The molecule has 0 aliphatic rings. The van der Waals surface area contributed by atoms with Crippen molar-refractivity contribution in [2.75, 3.05) is 5.32 Å². The lowest BCUT2D eigenvalue weighted by Gasteiger charge is -2.06. The number of amides is 1. The van der Waals surface area contributed by atoms with Gasteiger partial charge in [0.25, 0.3) is 0 Å². The van der Waals surface area contributed by atoms with E-state index in [1.165, 1.54) is 6.08 Å². The second kappa shape index (κ2) is 8.67. The minimum Gasteiger partial charge on any atom is -0.489 e. The third-order valence-corrected chi connectivity index (χ3v) is 3.87. The van der Waals surface area contributed by atoms with E-state index < -0.39 is 0 Å². The van der Waals surface area contributed by atoms with Crippen LogP contribution in [0.2, 0.25) is 0 Å². The number of carbonyl (C=O) groups is 1. The highest BCUT2D eigenvalue weighted by Gasteiger charge is 1.99. The van der Waals surface area contributed by atoms with E-state index in [0.29, 0.717) is 6.61 Å². The lowest BCUT2D eigenvalue weighted by Crippen LogP contribution is -2.07. The van der Waals surface area contributed by atoms with Crippen molar-refractivity contribution in [3.05, 3.63) is 102 Å². The Balaban J connectivity index is 1.52. The summed E-state index contributed by atoms with van der Waals surface area (Å²) in [6, 6.07) is 25.4. The number of nitrogens with one attached hydrogen (secondary N) is 1. The maximum absolute atomic E-state index is 12.0. The number of hydrogen-bond donors (Lipinski definition) is 1. The van der Waals surface area contributed by atoms with Gasteiger partial charge in [0.05, 0.1) is 0 Å². The fourth-order valence-electron chi connectivity index (χ4n) is 2.41. The van der Waals surface area contributed by atoms with Gasteiger partial charge in [0.1, 0.15) is 12.4 Å². The van der Waals surface area contributed by atoms with Crippen LogP contribution in [-0.2, 0) is 11.4 Å². The molecule has 0 atom stereocenters. The van der Waals surface area contributed by atoms with Crippen LogP contribution in [0.1, 0.15) is 16.7 Å². The van der Waals surface area contributed by atoms with E-state index >= 15 is 0 Å². The zero-order valence-electron chi connectivity index (χ0n) is 14.7. The molecule has 130 valence electrons. The van der Waals surface area contributed by atoms with E-state index in [1.54, 1.807) is 6.08 Å². The number of aryl methyl sites for hydroxylation is 1. The number of benzene rings is 3. The van der Waals surface area contributed by atoms with Gasteiger partial charge < -0.3 is 10.1 Å². The maximum Gasteiger partial charge on any atom is 0.248 e. The summed E-state index contributed by atoms with van der Waals surface area (Å²) in [5.41, 5.74) is 4.02. The molecule has 3 nitrogen and oxygen atoms in total. The zero-order chi connectivity index (χ0) is 18.2. The lowest BCUT2D eigenvalue weighted by molar-refractivity contribution is -0.111. The van der Waals surface area contributed by atoms with Gasteiger partial charge in [-0.1, -0.05) is 60.2 Å². The Morgan fingerprint density at radius 1 is 0.923 bits per heavy atom. The first-order valence-corrected chi connectivity index (χ1v) is 8.51. The molecule has 3 heteroatoms. The number of ether oxygens (including phenoxy) is 1. The van der Waals surface area contributed by atoms with Crippen LogP contribution in [0, 0.1) is 6.92 Å². The molecule has 26 heavy (non-hydrogen) atoms. The highest BCUT2D eigenvalue weighted by molar-refractivity contribution is 6.01. The first-order chi connectivity index (χ1) is 12.7. The monoisotopic (exact) mass is 343 g/mol. The highest BCUT2D eigenvalue weighted by atomic mass is 16.5.